The molecule has 1 N–H and O–H groups in total. The fourth-order valence-corrected chi connectivity index (χ4v) is 4.25. The summed E-state index contributed by atoms with van der Waals surface area (Å²) in [5.41, 5.74) is 1.53. The van der Waals surface area contributed by atoms with E-state index in [1.54, 1.807) is 0 Å². The molecule has 0 aliphatic rings. The van der Waals surface area contributed by atoms with Crippen LogP contribution in [-0.2, 0) is 22.6 Å². The van der Waals surface area contributed by atoms with Gasteiger partial charge in [-0.1, -0.05) is 58.4 Å². The SMILES string of the molecule is CCNC(=O)[C@@H](Cc1ccccc1)N(Cc1cccc(Br)c1)C(=O)COc1ccc([N+](=O)[O-])c(OC)c1. The molecule has 3 aromatic rings. The lowest BCUT2D eigenvalue weighted by Crippen LogP contribution is -2.51. The van der Waals surface area contributed by atoms with Crippen molar-refractivity contribution in [2.45, 2.75) is 25.9 Å². The largest absolute Gasteiger partial charge is 0.490 e. The predicted molar refractivity (Wildman–Crippen MR) is 142 cm³/mol. The number of nitro groups is 1. The van der Waals surface area contributed by atoms with Crippen LogP contribution in [-0.4, -0.2) is 47.9 Å². The lowest BCUT2D eigenvalue weighted by molar-refractivity contribution is -0.385. The summed E-state index contributed by atoms with van der Waals surface area (Å²) in [6, 6.07) is 20.2. The van der Waals surface area contributed by atoms with Gasteiger partial charge in [-0.2, -0.15) is 0 Å². The minimum Gasteiger partial charge on any atom is -0.490 e. The molecule has 0 saturated carbocycles. The summed E-state index contributed by atoms with van der Waals surface area (Å²) in [7, 11) is 1.32. The van der Waals surface area contributed by atoms with Crippen LogP contribution in [0.25, 0.3) is 0 Å². The number of ether oxygens (including phenoxy) is 2. The van der Waals surface area contributed by atoms with Crippen LogP contribution >= 0.6 is 15.9 Å². The van der Waals surface area contributed by atoms with Gasteiger partial charge in [0.15, 0.2) is 6.61 Å². The normalized spacial score (nSPS) is 11.3. The highest BCUT2D eigenvalue weighted by Crippen LogP contribution is 2.31. The minimum atomic E-state index is -0.788. The Morgan fingerprint density at radius 3 is 2.43 bits per heavy atom. The molecule has 0 fully saturated rings. The third-order valence-corrected chi connectivity index (χ3v) is 6.07. The Hall–Kier alpha value is -3.92. The molecule has 3 aromatic carbocycles. The lowest BCUT2D eigenvalue weighted by atomic mass is 10.0. The first-order chi connectivity index (χ1) is 17.8. The molecule has 37 heavy (non-hydrogen) atoms. The summed E-state index contributed by atoms with van der Waals surface area (Å²) in [6.07, 6.45) is 0.317. The number of hydrogen-bond donors (Lipinski definition) is 1. The number of rotatable bonds is 12. The van der Waals surface area contributed by atoms with Crippen molar-refractivity contribution in [1.29, 1.82) is 0 Å². The zero-order valence-electron chi connectivity index (χ0n) is 20.6. The van der Waals surface area contributed by atoms with E-state index < -0.39 is 16.9 Å². The molecule has 3 rings (SSSR count). The first-order valence-electron chi connectivity index (χ1n) is 11.6. The van der Waals surface area contributed by atoms with Gasteiger partial charge < -0.3 is 19.7 Å². The average Bonchev–Trinajstić information content (AvgIpc) is 2.89. The molecular weight excluding hydrogens is 542 g/mol. The van der Waals surface area contributed by atoms with Gasteiger partial charge in [-0.05, 0) is 36.2 Å². The molecule has 0 saturated heterocycles. The van der Waals surface area contributed by atoms with Crippen molar-refractivity contribution in [1.82, 2.24) is 10.2 Å². The summed E-state index contributed by atoms with van der Waals surface area (Å²) in [6.45, 7) is 2.05. The van der Waals surface area contributed by atoms with Gasteiger partial charge in [-0.3, -0.25) is 19.7 Å². The van der Waals surface area contributed by atoms with Crippen LogP contribution in [0.3, 0.4) is 0 Å². The Morgan fingerprint density at radius 2 is 1.78 bits per heavy atom. The van der Waals surface area contributed by atoms with Gasteiger partial charge in [0.05, 0.1) is 12.0 Å². The van der Waals surface area contributed by atoms with Crippen LogP contribution in [0.1, 0.15) is 18.1 Å². The fourth-order valence-electron chi connectivity index (χ4n) is 3.80. The van der Waals surface area contributed by atoms with Crippen molar-refractivity contribution in [3.05, 3.63) is 98.5 Å². The second kappa shape index (κ2) is 13.4. The first kappa shape index (κ1) is 27.7. The maximum Gasteiger partial charge on any atom is 0.311 e. The molecule has 0 heterocycles. The van der Waals surface area contributed by atoms with Crippen LogP contribution in [0.5, 0.6) is 11.5 Å². The average molecular weight is 570 g/mol. The highest BCUT2D eigenvalue weighted by Gasteiger charge is 2.30. The Kier molecular flexibility index (Phi) is 10.0. The van der Waals surface area contributed by atoms with E-state index in [-0.39, 0.29) is 36.2 Å². The quantitative estimate of drug-likeness (QED) is 0.253. The highest BCUT2D eigenvalue weighted by molar-refractivity contribution is 9.10. The second-order valence-corrected chi connectivity index (χ2v) is 9.05. The summed E-state index contributed by atoms with van der Waals surface area (Å²) >= 11 is 3.46. The van der Waals surface area contributed by atoms with E-state index in [0.29, 0.717) is 13.0 Å². The number of benzene rings is 3. The zero-order chi connectivity index (χ0) is 26.8. The Balaban J connectivity index is 1.89. The number of carbonyl (C=O) groups excluding carboxylic acids is 2. The third-order valence-electron chi connectivity index (χ3n) is 5.57. The van der Waals surface area contributed by atoms with Crippen LogP contribution in [0.2, 0.25) is 0 Å². The number of hydrogen-bond acceptors (Lipinski definition) is 6. The minimum absolute atomic E-state index is 0.0187. The molecule has 1 atom stereocenters. The zero-order valence-corrected chi connectivity index (χ0v) is 22.1. The van der Waals surface area contributed by atoms with Gasteiger partial charge >= 0.3 is 5.69 Å². The van der Waals surface area contributed by atoms with E-state index in [1.807, 2.05) is 61.5 Å². The summed E-state index contributed by atoms with van der Waals surface area (Å²) in [4.78, 5) is 38.8. The van der Waals surface area contributed by atoms with Gasteiger partial charge in [-0.15, -0.1) is 0 Å². The van der Waals surface area contributed by atoms with E-state index in [4.69, 9.17) is 9.47 Å². The molecule has 0 radical (unpaired) electrons. The van der Waals surface area contributed by atoms with Crippen molar-refractivity contribution in [2.75, 3.05) is 20.3 Å². The van der Waals surface area contributed by atoms with Crippen LogP contribution in [0.4, 0.5) is 5.69 Å². The standard InChI is InChI=1S/C27H28BrN3O6/c1-3-29-27(33)24(15-19-8-5-4-6-9-19)30(17-20-10-7-11-21(28)14-20)26(32)18-37-22-12-13-23(31(34)35)25(16-22)36-2/h4-14,16,24H,3,15,17-18H2,1-2H3,(H,29,33)/t24-/m1/s1. The van der Waals surface area contributed by atoms with Gasteiger partial charge in [0.25, 0.3) is 5.91 Å². The second-order valence-electron chi connectivity index (χ2n) is 8.13. The number of amides is 2. The summed E-state index contributed by atoms with van der Waals surface area (Å²) in [5.74, 6) is -0.433. The smallest absolute Gasteiger partial charge is 0.311 e. The number of nitro benzene ring substituents is 1. The number of nitrogens with zero attached hydrogens (tertiary/aromatic N) is 2. The lowest BCUT2D eigenvalue weighted by Gasteiger charge is -2.31. The highest BCUT2D eigenvalue weighted by atomic mass is 79.9. The van der Waals surface area contributed by atoms with E-state index in [2.05, 4.69) is 21.2 Å². The van der Waals surface area contributed by atoms with E-state index in [1.165, 1.54) is 30.2 Å². The topological polar surface area (TPSA) is 111 Å². The molecule has 10 heteroatoms. The number of halogens is 1. The van der Waals surface area contributed by atoms with E-state index in [9.17, 15) is 19.7 Å². The monoisotopic (exact) mass is 569 g/mol. The van der Waals surface area contributed by atoms with Gasteiger partial charge in [0, 0.05) is 36.1 Å². The molecule has 0 spiro atoms. The van der Waals surface area contributed by atoms with Crippen LogP contribution < -0.4 is 14.8 Å². The van der Waals surface area contributed by atoms with E-state index in [0.717, 1.165) is 15.6 Å². The Bertz CT molecular complexity index is 1240. The van der Waals surface area contributed by atoms with Crippen molar-refractivity contribution in [2.24, 2.45) is 0 Å². The fraction of sp³-hybridized carbons (Fsp3) is 0.259. The molecule has 0 aromatic heterocycles. The first-order valence-corrected chi connectivity index (χ1v) is 12.4. The Morgan fingerprint density at radius 1 is 1.05 bits per heavy atom. The number of likely N-dealkylation sites (N-methyl/N-ethyl adjacent to an activating group) is 1. The maximum atomic E-state index is 13.5. The molecule has 0 aliphatic carbocycles. The predicted octanol–water partition coefficient (Wildman–Crippen LogP) is 4.52. The van der Waals surface area contributed by atoms with Crippen molar-refractivity contribution >= 4 is 33.4 Å². The number of methoxy groups -OCH3 is 1. The molecule has 2 amide bonds. The molecule has 0 aliphatic heterocycles. The van der Waals surface area contributed by atoms with Gasteiger partial charge in [0.1, 0.15) is 11.8 Å². The molecule has 9 nitrogen and oxygen atoms in total. The van der Waals surface area contributed by atoms with Gasteiger partial charge in [0.2, 0.25) is 11.7 Å². The molecule has 194 valence electrons. The Labute approximate surface area is 223 Å². The van der Waals surface area contributed by atoms with Gasteiger partial charge in [-0.25, -0.2) is 0 Å². The maximum absolute atomic E-state index is 13.5. The van der Waals surface area contributed by atoms with Crippen molar-refractivity contribution < 1.29 is 24.0 Å². The number of nitrogens with one attached hydrogen (secondary N) is 1. The van der Waals surface area contributed by atoms with Crippen molar-refractivity contribution in [3.8, 4) is 11.5 Å². The van der Waals surface area contributed by atoms with Crippen LogP contribution in [0, 0.1) is 10.1 Å². The summed E-state index contributed by atoms with van der Waals surface area (Å²) in [5, 5.41) is 14.0. The molecule has 0 bridgehead atoms. The van der Waals surface area contributed by atoms with Crippen molar-refractivity contribution in [3.63, 3.8) is 0 Å². The van der Waals surface area contributed by atoms with E-state index >= 15 is 0 Å². The molecular formula is C27H28BrN3O6. The number of carbonyl (C=O) groups is 2. The third kappa shape index (κ3) is 7.78. The molecule has 0 unspecified atom stereocenters. The summed E-state index contributed by atoms with van der Waals surface area (Å²) < 4.78 is 11.6. The van der Waals surface area contributed by atoms with Crippen LogP contribution in [0.15, 0.2) is 77.3 Å².